The summed E-state index contributed by atoms with van der Waals surface area (Å²) < 4.78 is 0. The quantitative estimate of drug-likeness (QED) is 0.738. The molecule has 1 atom stereocenters. The van der Waals surface area contributed by atoms with Gasteiger partial charge in [-0.05, 0) is 5.92 Å². The number of anilines is 2. The van der Waals surface area contributed by atoms with Gasteiger partial charge in [-0.3, -0.25) is 0 Å². The molecule has 1 aromatic heterocycles. The molecule has 5 heteroatoms. The maximum atomic E-state index is 8.95. The first-order valence-corrected chi connectivity index (χ1v) is 5.82. The van der Waals surface area contributed by atoms with Gasteiger partial charge in [0.25, 0.3) is 0 Å². The first-order valence-electron chi connectivity index (χ1n) is 5.82. The van der Waals surface area contributed by atoms with Crippen LogP contribution in [-0.2, 0) is 5.41 Å². The number of nitrogens with two attached hydrogens (primary N) is 1. The van der Waals surface area contributed by atoms with Gasteiger partial charge in [0, 0.05) is 24.6 Å². The average Bonchev–Trinajstić information content (AvgIpc) is 2.24. The molecular formula is C12H22N4O. The third kappa shape index (κ3) is 4.19. The summed E-state index contributed by atoms with van der Waals surface area (Å²) in [5.41, 5.74) is 5.62. The van der Waals surface area contributed by atoms with Crippen molar-refractivity contribution in [2.75, 3.05) is 24.2 Å². The van der Waals surface area contributed by atoms with Crippen LogP contribution in [0.2, 0.25) is 0 Å². The predicted octanol–water partition coefficient (Wildman–Crippen LogP) is 1.40. The van der Waals surface area contributed by atoms with Crippen LogP contribution in [0.3, 0.4) is 0 Å². The molecule has 0 saturated carbocycles. The van der Waals surface area contributed by atoms with Crippen LogP contribution in [0.4, 0.5) is 11.6 Å². The summed E-state index contributed by atoms with van der Waals surface area (Å²) >= 11 is 0. The molecule has 17 heavy (non-hydrogen) atoms. The fraction of sp³-hybridized carbons (Fsp3) is 0.667. The van der Waals surface area contributed by atoms with Gasteiger partial charge < -0.3 is 16.2 Å². The Bertz CT molecular complexity index is 373. The molecule has 4 N–H and O–H groups in total. The summed E-state index contributed by atoms with van der Waals surface area (Å²) in [7, 11) is 0. The lowest BCUT2D eigenvalue weighted by Gasteiger charge is -2.18. The zero-order valence-electron chi connectivity index (χ0n) is 11.0. The van der Waals surface area contributed by atoms with Crippen LogP contribution < -0.4 is 11.1 Å². The Labute approximate surface area is 102 Å². The number of aliphatic hydroxyl groups is 1. The van der Waals surface area contributed by atoms with Gasteiger partial charge in [0.05, 0.1) is 0 Å². The van der Waals surface area contributed by atoms with Crippen LogP contribution >= 0.6 is 0 Å². The monoisotopic (exact) mass is 238 g/mol. The molecule has 0 aliphatic carbocycles. The van der Waals surface area contributed by atoms with Gasteiger partial charge in [0.1, 0.15) is 17.5 Å². The Morgan fingerprint density at radius 1 is 1.41 bits per heavy atom. The summed E-state index contributed by atoms with van der Waals surface area (Å²) in [6.45, 7) is 8.91. The van der Waals surface area contributed by atoms with E-state index < -0.39 is 0 Å². The Hall–Kier alpha value is -1.36. The molecule has 0 saturated heterocycles. The highest BCUT2D eigenvalue weighted by atomic mass is 16.3. The van der Waals surface area contributed by atoms with Crippen molar-refractivity contribution in [3.8, 4) is 0 Å². The number of aromatic nitrogens is 2. The summed E-state index contributed by atoms with van der Waals surface area (Å²) in [6, 6.07) is 1.71. The van der Waals surface area contributed by atoms with Crippen molar-refractivity contribution in [3.63, 3.8) is 0 Å². The van der Waals surface area contributed by atoms with Crippen molar-refractivity contribution < 1.29 is 5.11 Å². The fourth-order valence-electron chi connectivity index (χ4n) is 1.24. The molecule has 0 radical (unpaired) electrons. The minimum absolute atomic E-state index is 0.131. The van der Waals surface area contributed by atoms with Crippen LogP contribution in [0.25, 0.3) is 0 Å². The van der Waals surface area contributed by atoms with Crippen molar-refractivity contribution in [1.29, 1.82) is 0 Å². The Morgan fingerprint density at radius 3 is 2.59 bits per heavy atom. The van der Waals surface area contributed by atoms with Gasteiger partial charge >= 0.3 is 0 Å². The molecule has 96 valence electrons. The molecule has 1 aromatic rings. The average molecular weight is 238 g/mol. The van der Waals surface area contributed by atoms with E-state index in [-0.39, 0.29) is 17.9 Å². The van der Waals surface area contributed by atoms with Crippen LogP contribution in [0, 0.1) is 5.92 Å². The standard InChI is InChI=1S/C12H22N4O/c1-8(7-17)6-14-10-5-9(13)15-11(16-10)12(2,3)4/h5,8,17H,6-7H2,1-4H3,(H3,13,14,15,16). The molecule has 0 fully saturated rings. The topological polar surface area (TPSA) is 84.1 Å². The van der Waals surface area contributed by atoms with E-state index in [1.165, 1.54) is 0 Å². The molecular weight excluding hydrogens is 216 g/mol. The Balaban J connectivity index is 2.83. The zero-order chi connectivity index (χ0) is 13.1. The van der Waals surface area contributed by atoms with Gasteiger partial charge in [-0.25, -0.2) is 9.97 Å². The van der Waals surface area contributed by atoms with Crippen LogP contribution in [0.15, 0.2) is 6.07 Å². The van der Waals surface area contributed by atoms with Crippen molar-refractivity contribution in [2.45, 2.75) is 33.1 Å². The minimum atomic E-state index is -0.131. The molecule has 5 nitrogen and oxygen atoms in total. The van der Waals surface area contributed by atoms with Gasteiger partial charge in [-0.1, -0.05) is 27.7 Å². The molecule has 0 bridgehead atoms. The third-order valence-electron chi connectivity index (χ3n) is 2.36. The van der Waals surface area contributed by atoms with Gasteiger partial charge in [0.15, 0.2) is 0 Å². The van der Waals surface area contributed by atoms with Crippen LogP contribution in [0.5, 0.6) is 0 Å². The minimum Gasteiger partial charge on any atom is -0.396 e. The van der Waals surface area contributed by atoms with E-state index in [2.05, 4.69) is 15.3 Å². The fourth-order valence-corrected chi connectivity index (χ4v) is 1.24. The smallest absolute Gasteiger partial charge is 0.138 e. The molecule has 1 rings (SSSR count). The highest BCUT2D eigenvalue weighted by molar-refractivity contribution is 5.45. The number of hydrogen-bond acceptors (Lipinski definition) is 5. The first-order chi connectivity index (χ1) is 7.82. The number of aliphatic hydroxyl groups excluding tert-OH is 1. The summed E-state index contributed by atoms with van der Waals surface area (Å²) in [5.74, 6) is 2.08. The summed E-state index contributed by atoms with van der Waals surface area (Å²) in [5, 5.41) is 12.1. The predicted molar refractivity (Wildman–Crippen MR) is 69.9 cm³/mol. The normalized spacial score (nSPS) is 13.5. The van der Waals surface area contributed by atoms with Gasteiger partial charge in [-0.2, -0.15) is 0 Å². The molecule has 0 amide bonds. The molecule has 0 aliphatic heterocycles. The summed E-state index contributed by atoms with van der Waals surface area (Å²) in [4.78, 5) is 8.66. The van der Waals surface area contributed by atoms with Gasteiger partial charge in [0.2, 0.25) is 0 Å². The van der Waals surface area contributed by atoms with E-state index in [0.717, 1.165) is 5.82 Å². The molecule has 0 spiro atoms. The zero-order valence-corrected chi connectivity index (χ0v) is 11.0. The van der Waals surface area contributed by atoms with E-state index in [1.54, 1.807) is 6.07 Å². The molecule has 0 aliphatic rings. The van der Waals surface area contributed by atoms with E-state index in [1.807, 2.05) is 27.7 Å². The lowest BCUT2D eigenvalue weighted by Crippen LogP contribution is -2.20. The van der Waals surface area contributed by atoms with Crippen LogP contribution in [0.1, 0.15) is 33.5 Å². The first kappa shape index (κ1) is 13.7. The van der Waals surface area contributed by atoms with Crippen molar-refractivity contribution in [2.24, 2.45) is 5.92 Å². The van der Waals surface area contributed by atoms with Gasteiger partial charge in [-0.15, -0.1) is 0 Å². The summed E-state index contributed by atoms with van der Waals surface area (Å²) in [6.07, 6.45) is 0. The Kier molecular flexibility index (Phi) is 4.28. The van der Waals surface area contributed by atoms with E-state index >= 15 is 0 Å². The van der Waals surface area contributed by atoms with Crippen molar-refractivity contribution in [1.82, 2.24) is 9.97 Å². The largest absolute Gasteiger partial charge is 0.396 e. The second kappa shape index (κ2) is 5.31. The second-order valence-electron chi connectivity index (χ2n) is 5.42. The lowest BCUT2D eigenvalue weighted by atomic mass is 9.96. The lowest BCUT2D eigenvalue weighted by molar-refractivity contribution is 0.244. The van der Waals surface area contributed by atoms with Crippen LogP contribution in [-0.4, -0.2) is 28.2 Å². The SMILES string of the molecule is CC(CO)CNc1cc(N)nc(C(C)(C)C)n1. The highest BCUT2D eigenvalue weighted by Gasteiger charge is 2.18. The molecule has 0 aromatic carbocycles. The number of rotatable bonds is 4. The number of hydrogen-bond donors (Lipinski definition) is 3. The number of nitrogen functional groups attached to an aromatic ring is 1. The van der Waals surface area contributed by atoms with E-state index in [0.29, 0.717) is 18.2 Å². The van der Waals surface area contributed by atoms with Crippen molar-refractivity contribution >= 4 is 11.6 Å². The number of nitrogens with zero attached hydrogens (tertiary/aromatic N) is 2. The maximum Gasteiger partial charge on any atom is 0.138 e. The highest BCUT2D eigenvalue weighted by Crippen LogP contribution is 2.21. The van der Waals surface area contributed by atoms with E-state index in [4.69, 9.17) is 10.8 Å². The second-order valence-corrected chi connectivity index (χ2v) is 5.42. The maximum absolute atomic E-state index is 8.95. The molecule has 1 unspecified atom stereocenters. The number of nitrogens with one attached hydrogen (secondary N) is 1. The van der Waals surface area contributed by atoms with E-state index in [9.17, 15) is 0 Å². The Morgan fingerprint density at radius 2 is 2.06 bits per heavy atom. The molecule has 1 heterocycles. The third-order valence-corrected chi connectivity index (χ3v) is 2.36. The van der Waals surface area contributed by atoms with Crippen molar-refractivity contribution in [3.05, 3.63) is 11.9 Å².